The molecule has 0 radical (unpaired) electrons. The zero-order valence-electron chi connectivity index (χ0n) is 11.4. The van der Waals surface area contributed by atoms with Crippen LogP contribution in [0.25, 0.3) is 16.8 Å². The van der Waals surface area contributed by atoms with Gasteiger partial charge in [-0.15, -0.1) is 0 Å². The molecule has 0 spiro atoms. The highest BCUT2D eigenvalue weighted by Crippen LogP contribution is 2.15. The van der Waals surface area contributed by atoms with E-state index in [9.17, 15) is 4.79 Å². The van der Waals surface area contributed by atoms with Crippen molar-refractivity contribution >= 4 is 22.8 Å². The van der Waals surface area contributed by atoms with Gasteiger partial charge in [0.05, 0.1) is 0 Å². The van der Waals surface area contributed by atoms with Crippen molar-refractivity contribution in [3.63, 3.8) is 0 Å². The Kier molecular flexibility index (Phi) is 3.65. The number of fused-ring (bicyclic) bond motifs is 1. The first-order chi connectivity index (χ1) is 8.94. The minimum atomic E-state index is -0.464. The van der Waals surface area contributed by atoms with E-state index in [1.807, 2.05) is 45.0 Å². The number of aromatic nitrogens is 1. The second kappa shape index (κ2) is 5.22. The number of hydrogen-bond acceptors (Lipinski definition) is 3. The fraction of sp³-hybridized carbons (Fsp3) is 0.250. The van der Waals surface area contributed by atoms with Crippen molar-refractivity contribution in [3.8, 4) is 0 Å². The van der Waals surface area contributed by atoms with Gasteiger partial charge in [-0.2, -0.15) is 0 Å². The minimum absolute atomic E-state index is 0.334. The van der Waals surface area contributed by atoms with E-state index in [1.54, 1.807) is 18.5 Å². The van der Waals surface area contributed by atoms with Crippen LogP contribution in [0, 0.1) is 0 Å². The van der Waals surface area contributed by atoms with Crippen molar-refractivity contribution in [2.24, 2.45) is 0 Å². The molecule has 1 aromatic heterocycles. The molecule has 0 aliphatic carbocycles. The highest BCUT2D eigenvalue weighted by Gasteiger charge is 2.13. The summed E-state index contributed by atoms with van der Waals surface area (Å²) in [6, 6.07) is 7.91. The lowest BCUT2D eigenvalue weighted by atomic mass is 10.1. The van der Waals surface area contributed by atoms with Gasteiger partial charge >= 0.3 is 5.97 Å². The monoisotopic (exact) mass is 255 g/mol. The van der Waals surface area contributed by atoms with Crippen LogP contribution in [0.4, 0.5) is 0 Å². The first kappa shape index (κ1) is 13.3. The number of carbonyl (C=O) groups excluding carboxylic acids is 1. The second-order valence-corrected chi connectivity index (χ2v) is 5.35. The van der Waals surface area contributed by atoms with E-state index < -0.39 is 5.60 Å². The van der Waals surface area contributed by atoms with Crippen LogP contribution in [0.1, 0.15) is 26.3 Å². The minimum Gasteiger partial charge on any atom is -0.457 e. The second-order valence-electron chi connectivity index (χ2n) is 5.35. The van der Waals surface area contributed by atoms with E-state index in [1.165, 1.54) is 6.08 Å². The molecule has 0 aliphatic rings. The van der Waals surface area contributed by atoms with Gasteiger partial charge in [0, 0.05) is 23.9 Å². The largest absolute Gasteiger partial charge is 0.457 e. The molecule has 1 aromatic carbocycles. The Labute approximate surface area is 112 Å². The van der Waals surface area contributed by atoms with E-state index in [0.717, 1.165) is 16.3 Å². The summed E-state index contributed by atoms with van der Waals surface area (Å²) < 4.78 is 5.21. The van der Waals surface area contributed by atoms with Gasteiger partial charge in [0.1, 0.15) is 5.60 Å². The fourth-order valence-electron chi connectivity index (χ4n) is 1.71. The van der Waals surface area contributed by atoms with Gasteiger partial charge in [0.15, 0.2) is 0 Å². The summed E-state index contributed by atoms with van der Waals surface area (Å²) in [5.74, 6) is -0.334. The van der Waals surface area contributed by atoms with Crippen molar-refractivity contribution in [1.29, 1.82) is 0 Å². The van der Waals surface area contributed by atoms with Crippen molar-refractivity contribution in [1.82, 2.24) is 4.98 Å². The lowest BCUT2D eigenvalue weighted by molar-refractivity contribution is -0.148. The molecular formula is C16H17NO2. The standard InChI is InChI=1S/C16H17NO2/c1-16(2,3)19-15(18)7-5-12-4-6-13-8-9-17-11-14(13)10-12/h4-11H,1-3H3/b7-5+. The first-order valence-corrected chi connectivity index (χ1v) is 6.19. The highest BCUT2D eigenvalue weighted by molar-refractivity contribution is 5.89. The van der Waals surface area contributed by atoms with Crippen LogP contribution in [0.5, 0.6) is 0 Å². The molecule has 0 saturated carbocycles. The Morgan fingerprint density at radius 3 is 2.74 bits per heavy atom. The van der Waals surface area contributed by atoms with Crippen LogP contribution in [0.3, 0.4) is 0 Å². The topological polar surface area (TPSA) is 39.2 Å². The normalized spacial score (nSPS) is 11.9. The molecule has 0 fully saturated rings. The molecule has 98 valence electrons. The molecule has 2 rings (SSSR count). The zero-order valence-corrected chi connectivity index (χ0v) is 11.4. The van der Waals surface area contributed by atoms with Gasteiger partial charge in [0.25, 0.3) is 0 Å². The average molecular weight is 255 g/mol. The highest BCUT2D eigenvalue weighted by atomic mass is 16.6. The Bertz CT molecular complexity index is 624. The van der Waals surface area contributed by atoms with E-state index in [0.29, 0.717) is 0 Å². The molecule has 0 unspecified atom stereocenters. The van der Waals surface area contributed by atoms with Gasteiger partial charge in [-0.05, 0) is 49.9 Å². The molecule has 1 heterocycles. The summed E-state index contributed by atoms with van der Waals surface area (Å²) in [7, 11) is 0. The SMILES string of the molecule is CC(C)(C)OC(=O)/C=C/c1ccc2ccncc2c1. The molecule has 3 heteroatoms. The lowest BCUT2D eigenvalue weighted by Gasteiger charge is -2.17. The number of rotatable bonds is 2. The predicted octanol–water partition coefficient (Wildman–Crippen LogP) is 3.59. The van der Waals surface area contributed by atoms with Crippen molar-refractivity contribution in [3.05, 3.63) is 48.3 Å². The van der Waals surface area contributed by atoms with Gasteiger partial charge in [-0.1, -0.05) is 12.1 Å². The quantitative estimate of drug-likeness (QED) is 0.608. The molecule has 0 amide bonds. The van der Waals surface area contributed by atoms with Crippen molar-refractivity contribution < 1.29 is 9.53 Å². The number of pyridine rings is 1. The number of nitrogens with zero attached hydrogens (tertiary/aromatic N) is 1. The van der Waals surface area contributed by atoms with Gasteiger partial charge < -0.3 is 4.74 Å². The molecule has 0 saturated heterocycles. The number of carbonyl (C=O) groups is 1. The summed E-state index contributed by atoms with van der Waals surface area (Å²) in [5.41, 5.74) is 0.487. The van der Waals surface area contributed by atoms with Crippen LogP contribution in [0.2, 0.25) is 0 Å². The van der Waals surface area contributed by atoms with Crippen LogP contribution >= 0.6 is 0 Å². The summed E-state index contributed by atoms with van der Waals surface area (Å²) in [5, 5.41) is 2.18. The smallest absolute Gasteiger partial charge is 0.331 e. The maximum Gasteiger partial charge on any atom is 0.331 e. The Morgan fingerprint density at radius 1 is 1.21 bits per heavy atom. The first-order valence-electron chi connectivity index (χ1n) is 6.19. The van der Waals surface area contributed by atoms with E-state index in [2.05, 4.69) is 4.98 Å². The molecule has 19 heavy (non-hydrogen) atoms. The molecule has 0 N–H and O–H groups in total. The van der Waals surface area contributed by atoms with Crippen molar-refractivity contribution in [2.75, 3.05) is 0 Å². The Morgan fingerprint density at radius 2 is 2.00 bits per heavy atom. The van der Waals surface area contributed by atoms with Crippen molar-refractivity contribution in [2.45, 2.75) is 26.4 Å². The number of benzene rings is 1. The van der Waals surface area contributed by atoms with Gasteiger partial charge in [-0.25, -0.2) is 4.79 Å². The molecule has 0 atom stereocenters. The Balaban J connectivity index is 2.15. The van der Waals surface area contributed by atoms with E-state index >= 15 is 0 Å². The molecule has 2 aromatic rings. The maximum absolute atomic E-state index is 11.6. The zero-order chi connectivity index (χ0) is 13.9. The summed E-state index contributed by atoms with van der Waals surface area (Å²) >= 11 is 0. The number of hydrogen-bond donors (Lipinski definition) is 0. The Hall–Kier alpha value is -2.16. The van der Waals surface area contributed by atoms with E-state index in [-0.39, 0.29) is 5.97 Å². The molecule has 0 aliphatic heterocycles. The van der Waals surface area contributed by atoms with Crippen LogP contribution in [-0.4, -0.2) is 16.6 Å². The van der Waals surface area contributed by atoms with Crippen LogP contribution < -0.4 is 0 Å². The lowest BCUT2D eigenvalue weighted by Crippen LogP contribution is -2.22. The average Bonchev–Trinajstić information content (AvgIpc) is 2.34. The van der Waals surface area contributed by atoms with E-state index in [4.69, 9.17) is 4.74 Å². The fourth-order valence-corrected chi connectivity index (χ4v) is 1.71. The number of ether oxygens (including phenoxy) is 1. The number of esters is 1. The van der Waals surface area contributed by atoms with Crippen LogP contribution in [-0.2, 0) is 9.53 Å². The third-order valence-electron chi connectivity index (χ3n) is 2.48. The molecular weight excluding hydrogens is 238 g/mol. The van der Waals surface area contributed by atoms with Gasteiger partial charge in [0.2, 0.25) is 0 Å². The maximum atomic E-state index is 11.6. The third kappa shape index (κ3) is 3.91. The molecule has 0 bridgehead atoms. The van der Waals surface area contributed by atoms with Gasteiger partial charge in [-0.3, -0.25) is 4.98 Å². The summed E-state index contributed by atoms with van der Waals surface area (Å²) in [4.78, 5) is 15.7. The summed E-state index contributed by atoms with van der Waals surface area (Å²) in [6.07, 6.45) is 6.77. The van der Waals surface area contributed by atoms with Crippen LogP contribution in [0.15, 0.2) is 42.7 Å². The predicted molar refractivity (Wildman–Crippen MR) is 76.6 cm³/mol. The molecule has 3 nitrogen and oxygen atoms in total. The summed E-state index contributed by atoms with van der Waals surface area (Å²) in [6.45, 7) is 5.54. The third-order valence-corrected chi connectivity index (χ3v) is 2.48.